The molecule has 4 rings (SSSR count). The van der Waals surface area contributed by atoms with E-state index in [4.69, 9.17) is 5.48 Å². The van der Waals surface area contributed by atoms with E-state index in [1.807, 2.05) is 5.32 Å². The molecule has 3 aliphatic rings. The minimum atomic E-state index is -2.43. The number of nitrogens with zero attached hydrogens (tertiary/aromatic N) is 2. The fourth-order valence-electron chi connectivity index (χ4n) is 3.59. The van der Waals surface area contributed by atoms with E-state index in [1.54, 1.807) is 20.8 Å². The summed E-state index contributed by atoms with van der Waals surface area (Å²) in [5.41, 5.74) is -3.59. The van der Waals surface area contributed by atoms with E-state index >= 15 is 8.78 Å². The van der Waals surface area contributed by atoms with E-state index in [-0.39, 0.29) is 12.8 Å². The van der Waals surface area contributed by atoms with Gasteiger partial charge in [0.15, 0.2) is 0 Å². The normalized spacial score (nSPS) is 28.9. The molecule has 7 nitrogen and oxygen atoms in total. The first kappa shape index (κ1) is 15.2. The molecule has 0 aliphatic carbocycles. The zero-order valence-electron chi connectivity index (χ0n) is 19.9. The second-order valence-corrected chi connectivity index (χ2v) is 8.16. The highest BCUT2D eigenvalue weighted by Gasteiger charge is 2.49. The summed E-state index contributed by atoms with van der Waals surface area (Å²) in [6.45, 7) is -0.161. The van der Waals surface area contributed by atoms with Crippen LogP contribution in [0.25, 0.3) is 0 Å². The monoisotopic (exact) mass is 409 g/mol. The maximum Gasteiger partial charge on any atom is 0.265 e. The fourth-order valence-corrected chi connectivity index (χ4v) is 3.59. The molecule has 3 heterocycles. The van der Waals surface area contributed by atoms with Crippen molar-refractivity contribution in [2.24, 2.45) is 0 Å². The van der Waals surface area contributed by atoms with Crippen molar-refractivity contribution < 1.29 is 33.4 Å². The maximum atomic E-state index is 15.6. The van der Waals surface area contributed by atoms with E-state index in [2.05, 4.69) is 0 Å². The number of piperidine rings is 1. The highest BCUT2D eigenvalue weighted by molar-refractivity contribution is 6.23. The number of hydrogen-bond donors (Lipinski definition) is 1. The van der Waals surface area contributed by atoms with Crippen molar-refractivity contribution in [1.29, 1.82) is 0 Å². The van der Waals surface area contributed by atoms with Gasteiger partial charge in [-0.05, 0) is 38.8 Å². The number of imide groups is 2. The molecule has 0 spiro atoms. The molecular weight excluding hydrogens is 384 g/mol. The van der Waals surface area contributed by atoms with E-state index < -0.39 is 82.4 Å². The molecule has 0 bridgehead atoms. The maximum absolute atomic E-state index is 15.6. The molecule has 1 aromatic carbocycles. The molecule has 0 aromatic heterocycles. The van der Waals surface area contributed by atoms with Crippen molar-refractivity contribution in [3.8, 4) is 0 Å². The number of nitrogens with one attached hydrogen (secondary N) is 1. The summed E-state index contributed by atoms with van der Waals surface area (Å²) in [7, 11) is 0. The van der Waals surface area contributed by atoms with Gasteiger partial charge < -0.3 is 0 Å². The Balaban J connectivity index is 1.80. The van der Waals surface area contributed by atoms with Crippen molar-refractivity contribution in [3.05, 3.63) is 34.4 Å². The summed E-state index contributed by atoms with van der Waals surface area (Å²) in [4.78, 5) is 50.6. The van der Waals surface area contributed by atoms with Gasteiger partial charge >= 0.3 is 0 Å². The molecule has 0 unspecified atom stereocenters. The van der Waals surface area contributed by atoms with Crippen LogP contribution in [0.15, 0.2) is 6.07 Å². The number of fused-ring (bicyclic) bond motifs is 1. The second kappa shape index (κ2) is 6.41. The van der Waals surface area contributed by atoms with Crippen LogP contribution in [-0.4, -0.2) is 58.0 Å². The van der Waals surface area contributed by atoms with Crippen LogP contribution in [0.5, 0.6) is 0 Å². The average Bonchev–Trinajstić information content (AvgIpc) is 2.88. The van der Waals surface area contributed by atoms with Gasteiger partial charge in [-0.1, -0.05) is 0 Å². The molecule has 154 valence electrons. The Morgan fingerprint density at radius 2 is 1.72 bits per heavy atom. The Morgan fingerprint density at radius 1 is 1.10 bits per heavy atom. The Morgan fingerprint density at radius 3 is 2.31 bits per heavy atom. The third-order valence-electron chi connectivity index (χ3n) is 5.13. The molecule has 9 heteroatoms. The second-order valence-electron chi connectivity index (χ2n) is 8.16. The Bertz CT molecular complexity index is 1120. The molecule has 0 saturated carbocycles. The highest BCUT2D eigenvalue weighted by Crippen LogP contribution is 2.39. The highest BCUT2D eigenvalue weighted by atomic mass is 19.1. The molecular formula is C20H21F2N3O4. The van der Waals surface area contributed by atoms with Crippen molar-refractivity contribution >= 4 is 23.6 Å². The van der Waals surface area contributed by atoms with Crippen molar-refractivity contribution in [1.82, 2.24) is 15.1 Å². The molecule has 1 N–H and O–H groups in total. The first-order chi connectivity index (χ1) is 15.0. The average molecular weight is 409 g/mol. The van der Waals surface area contributed by atoms with E-state index in [0.717, 1.165) is 4.90 Å². The van der Waals surface area contributed by atoms with Crippen molar-refractivity contribution in [3.63, 3.8) is 0 Å². The summed E-state index contributed by atoms with van der Waals surface area (Å²) < 4.78 is 64.0. The van der Waals surface area contributed by atoms with Crippen molar-refractivity contribution in [2.75, 3.05) is 13.0 Å². The molecule has 2 fully saturated rings. The zero-order chi connectivity index (χ0) is 24.8. The number of benzene rings is 1. The number of hydrogen-bond acceptors (Lipinski definition) is 5. The molecule has 0 radical (unpaired) electrons. The third-order valence-corrected chi connectivity index (χ3v) is 5.13. The van der Waals surface area contributed by atoms with Crippen LogP contribution in [0.3, 0.4) is 0 Å². The lowest BCUT2D eigenvalue weighted by molar-refractivity contribution is -0.136. The summed E-state index contributed by atoms with van der Waals surface area (Å²) in [6.07, 6.45) is -0.383. The summed E-state index contributed by atoms with van der Waals surface area (Å²) in [5.74, 6) is -8.63. The predicted molar refractivity (Wildman–Crippen MR) is 97.1 cm³/mol. The minimum absolute atomic E-state index is 0.175. The number of likely N-dealkylation sites (tertiary alicyclic amines) is 1. The first-order valence-electron chi connectivity index (χ1n) is 11.1. The van der Waals surface area contributed by atoms with Crippen LogP contribution in [0.2, 0.25) is 0 Å². The SMILES string of the molecule is [2H]C1([2H])C(c2cc(F)c3c(c2F)C(=O)N([C@@H]2CCC(=O)NC2=O)C3=O)C([2H])([2H])N1C(C)(C)C. The predicted octanol–water partition coefficient (Wildman–Crippen LogP) is 1.56. The van der Waals surface area contributed by atoms with Gasteiger partial charge in [-0.15, -0.1) is 0 Å². The molecule has 3 aliphatic heterocycles. The summed E-state index contributed by atoms with van der Waals surface area (Å²) in [5, 5.41) is 1.98. The van der Waals surface area contributed by atoms with Crippen molar-refractivity contribution in [2.45, 2.75) is 51.1 Å². The number of carbonyl (C=O) groups excluding carboxylic acids is 4. The molecule has 2 saturated heterocycles. The van der Waals surface area contributed by atoms with Gasteiger partial charge in [-0.2, -0.15) is 0 Å². The topological polar surface area (TPSA) is 86.8 Å². The van der Waals surface area contributed by atoms with Gasteiger partial charge in [-0.25, -0.2) is 8.78 Å². The largest absolute Gasteiger partial charge is 0.297 e. The quantitative estimate of drug-likeness (QED) is 0.750. The van der Waals surface area contributed by atoms with Crippen LogP contribution in [0.4, 0.5) is 8.78 Å². The molecule has 1 aromatic rings. The zero-order valence-corrected chi connectivity index (χ0v) is 15.9. The van der Waals surface area contributed by atoms with Gasteiger partial charge in [0.05, 0.1) is 11.1 Å². The first-order valence-corrected chi connectivity index (χ1v) is 9.06. The van der Waals surface area contributed by atoms with Gasteiger partial charge in [0.25, 0.3) is 11.8 Å². The lowest BCUT2D eigenvalue weighted by atomic mass is 9.85. The Labute approximate surface area is 171 Å². The Kier molecular flexibility index (Phi) is 3.36. The molecule has 4 amide bonds. The lowest BCUT2D eigenvalue weighted by Gasteiger charge is -2.48. The standard InChI is InChI=1S/C20H21F2N3O4/c1-20(2,3)24-7-9(8-24)10-6-11(21)14-15(16(10)22)19(29)25(18(14)28)12-4-5-13(26)23-17(12)27/h6,9,12H,4-5,7-8H2,1-3H3,(H,23,26,27)/t12-/m1/s1/i7D2,8D2. The summed E-state index contributed by atoms with van der Waals surface area (Å²) in [6, 6.07) is -0.900. The van der Waals surface area contributed by atoms with Crippen LogP contribution in [0, 0.1) is 11.6 Å². The molecule has 1 atom stereocenters. The van der Waals surface area contributed by atoms with E-state index in [9.17, 15) is 19.2 Å². The van der Waals surface area contributed by atoms with Crippen LogP contribution < -0.4 is 5.32 Å². The van der Waals surface area contributed by atoms with Gasteiger partial charge in [0, 0.05) is 36.4 Å². The lowest BCUT2D eigenvalue weighted by Crippen LogP contribution is -2.54. The molecule has 29 heavy (non-hydrogen) atoms. The smallest absolute Gasteiger partial charge is 0.265 e. The summed E-state index contributed by atoms with van der Waals surface area (Å²) >= 11 is 0. The number of carbonyl (C=O) groups is 4. The number of halogens is 2. The van der Waals surface area contributed by atoms with Gasteiger partial charge in [0.2, 0.25) is 11.8 Å². The fraction of sp³-hybridized carbons (Fsp3) is 0.500. The van der Waals surface area contributed by atoms with Crippen LogP contribution >= 0.6 is 0 Å². The van der Waals surface area contributed by atoms with Gasteiger partial charge in [0.1, 0.15) is 17.7 Å². The van der Waals surface area contributed by atoms with E-state index in [0.29, 0.717) is 11.0 Å². The van der Waals surface area contributed by atoms with Gasteiger partial charge in [-0.3, -0.25) is 34.3 Å². The van der Waals surface area contributed by atoms with E-state index in [1.165, 1.54) is 0 Å². The number of amides is 4. The number of rotatable bonds is 2. The minimum Gasteiger partial charge on any atom is -0.297 e. The van der Waals surface area contributed by atoms with Crippen LogP contribution in [0.1, 0.15) is 71.3 Å². The Hall–Kier alpha value is -2.68. The third kappa shape index (κ3) is 2.95. The van der Waals surface area contributed by atoms with Crippen LogP contribution in [-0.2, 0) is 9.59 Å².